The largest absolute Gasteiger partial charge is 0.353 e. The summed E-state index contributed by atoms with van der Waals surface area (Å²) < 4.78 is 0. The highest BCUT2D eigenvalue weighted by Crippen LogP contribution is 2.13. The fourth-order valence-electron chi connectivity index (χ4n) is 2.29. The van der Waals surface area contributed by atoms with Crippen LogP contribution in [0.5, 0.6) is 0 Å². The Morgan fingerprint density at radius 1 is 0.737 bits per heavy atom. The van der Waals surface area contributed by atoms with Crippen molar-refractivity contribution < 1.29 is 10.2 Å². The van der Waals surface area contributed by atoms with Gasteiger partial charge in [0.25, 0.3) is 0 Å². The molecule has 2 N–H and O–H groups in total. The molecule has 0 aliphatic carbocycles. The van der Waals surface area contributed by atoms with Gasteiger partial charge < -0.3 is 10.2 Å². The Balaban J connectivity index is 3.27. The smallest absolute Gasteiger partial charge is 0.224 e. The minimum Gasteiger partial charge on any atom is -0.353 e. The van der Waals surface area contributed by atoms with E-state index in [1.54, 1.807) is 18.9 Å². The molecule has 0 saturated heterocycles. The number of aliphatic hydroxyl groups is 2. The molecule has 3 heteroatoms. The molecule has 0 amide bonds. The maximum absolute atomic E-state index is 9.62. The molecule has 0 rings (SSSR count). The lowest BCUT2D eigenvalue weighted by Crippen LogP contribution is -2.46. The molecule has 0 unspecified atom stereocenters. The molecule has 0 aromatic rings. The van der Waals surface area contributed by atoms with Gasteiger partial charge in [0.05, 0.1) is 0 Å². The van der Waals surface area contributed by atoms with Gasteiger partial charge in [0.1, 0.15) is 0 Å². The van der Waals surface area contributed by atoms with Crippen molar-refractivity contribution in [3.63, 3.8) is 0 Å². The fourth-order valence-corrected chi connectivity index (χ4v) is 2.29. The summed E-state index contributed by atoms with van der Waals surface area (Å²) >= 11 is 0. The van der Waals surface area contributed by atoms with E-state index in [-0.39, 0.29) is 0 Å². The molecular formula is C16H35NO2. The lowest BCUT2D eigenvalue weighted by Gasteiger charge is -2.30. The lowest BCUT2D eigenvalue weighted by atomic mass is 10.1. The number of hydrogen-bond acceptors (Lipinski definition) is 3. The summed E-state index contributed by atoms with van der Waals surface area (Å²) in [4.78, 5) is 1.64. The average Bonchev–Trinajstić information content (AvgIpc) is 2.40. The molecule has 0 spiro atoms. The molecule has 3 nitrogen and oxygen atoms in total. The lowest BCUT2D eigenvalue weighted by molar-refractivity contribution is -0.257. The second-order valence-corrected chi connectivity index (χ2v) is 5.73. The highest BCUT2D eigenvalue weighted by molar-refractivity contribution is 4.62. The molecule has 116 valence electrons. The second kappa shape index (κ2) is 11.7. The van der Waals surface area contributed by atoms with E-state index in [0.717, 1.165) is 13.0 Å². The Morgan fingerprint density at radius 2 is 1.16 bits per heavy atom. The summed E-state index contributed by atoms with van der Waals surface area (Å²) in [6.07, 6.45) is 13.4. The first-order valence-corrected chi connectivity index (χ1v) is 8.20. The van der Waals surface area contributed by atoms with Crippen LogP contribution in [0, 0.1) is 0 Å². The van der Waals surface area contributed by atoms with Gasteiger partial charge in [-0.1, -0.05) is 71.6 Å². The van der Waals surface area contributed by atoms with Crippen LogP contribution in [0.4, 0.5) is 0 Å². The minimum atomic E-state index is -1.63. The molecule has 0 aromatic heterocycles. The van der Waals surface area contributed by atoms with E-state index in [2.05, 4.69) is 6.92 Å². The van der Waals surface area contributed by atoms with Gasteiger partial charge in [-0.25, -0.2) is 0 Å². The Bertz CT molecular complexity index is 195. The van der Waals surface area contributed by atoms with Crippen molar-refractivity contribution in [1.82, 2.24) is 4.90 Å². The van der Waals surface area contributed by atoms with Crippen LogP contribution in [0.25, 0.3) is 0 Å². The van der Waals surface area contributed by atoms with Crippen molar-refractivity contribution in [3.8, 4) is 0 Å². The van der Waals surface area contributed by atoms with Crippen LogP contribution in [-0.2, 0) is 0 Å². The molecule has 0 fully saturated rings. The monoisotopic (exact) mass is 273 g/mol. The maximum Gasteiger partial charge on any atom is 0.224 e. The molecule has 0 aromatic carbocycles. The molecule has 19 heavy (non-hydrogen) atoms. The zero-order valence-corrected chi connectivity index (χ0v) is 13.3. The SMILES string of the molecule is CCCCCCCCCCCCN(C)C(O)(O)CC. The maximum atomic E-state index is 9.62. The van der Waals surface area contributed by atoms with E-state index in [1.807, 2.05) is 0 Å². The molecule has 0 heterocycles. The Morgan fingerprint density at radius 3 is 1.58 bits per heavy atom. The van der Waals surface area contributed by atoms with Gasteiger partial charge in [-0.3, -0.25) is 4.90 Å². The first kappa shape index (κ1) is 18.9. The van der Waals surface area contributed by atoms with Crippen molar-refractivity contribution in [2.75, 3.05) is 13.6 Å². The first-order valence-electron chi connectivity index (χ1n) is 8.20. The third-order valence-corrected chi connectivity index (χ3v) is 3.93. The summed E-state index contributed by atoms with van der Waals surface area (Å²) in [6.45, 7) is 4.80. The summed E-state index contributed by atoms with van der Waals surface area (Å²) in [5.74, 6) is -1.63. The van der Waals surface area contributed by atoms with E-state index in [1.165, 1.54) is 57.8 Å². The highest BCUT2D eigenvalue weighted by atomic mass is 16.5. The fraction of sp³-hybridized carbons (Fsp3) is 1.00. The standard InChI is InChI=1S/C16H35NO2/c1-4-6-7-8-9-10-11-12-13-14-15-17(3)16(18,19)5-2/h18-19H,4-15H2,1-3H3. The number of rotatable bonds is 13. The van der Waals surface area contributed by atoms with Crippen LogP contribution in [-0.4, -0.2) is 34.6 Å². The van der Waals surface area contributed by atoms with Gasteiger partial charge in [0.2, 0.25) is 5.91 Å². The van der Waals surface area contributed by atoms with Crippen molar-refractivity contribution in [2.24, 2.45) is 0 Å². The summed E-state index contributed by atoms with van der Waals surface area (Å²) in [7, 11) is 1.78. The summed E-state index contributed by atoms with van der Waals surface area (Å²) in [5, 5.41) is 19.2. The first-order chi connectivity index (χ1) is 9.04. The molecule has 0 aliphatic heterocycles. The zero-order valence-electron chi connectivity index (χ0n) is 13.3. The van der Waals surface area contributed by atoms with Crippen molar-refractivity contribution >= 4 is 0 Å². The predicted octanol–water partition coefficient (Wildman–Crippen LogP) is 3.89. The quantitative estimate of drug-likeness (QED) is 0.395. The molecule has 0 aliphatic rings. The van der Waals surface area contributed by atoms with Crippen LogP contribution < -0.4 is 0 Å². The van der Waals surface area contributed by atoms with Gasteiger partial charge in [-0.2, -0.15) is 0 Å². The van der Waals surface area contributed by atoms with Crippen LogP contribution in [0.2, 0.25) is 0 Å². The number of hydrogen-bond donors (Lipinski definition) is 2. The Kier molecular flexibility index (Phi) is 11.6. The van der Waals surface area contributed by atoms with Crippen LogP contribution in [0.3, 0.4) is 0 Å². The van der Waals surface area contributed by atoms with Gasteiger partial charge in [-0.15, -0.1) is 0 Å². The summed E-state index contributed by atoms with van der Waals surface area (Å²) in [6, 6.07) is 0. The topological polar surface area (TPSA) is 43.7 Å². The van der Waals surface area contributed by atoms with E-state index in [9.17, 15) is 10.2 Å². The van der Waals surface area contributed by atoms with Crippen LogP contribution in [0.1, 0.15) is 84.5 Å². The molecule has 0 saturated carbocycles. The third kappa shape index (κ3) is 10.3. The predicted molar refractivity (Wildman–Crippen MR) is 81.9 cm³/mol. The Hall–Kier alpha value is -0.120. The van der Waals surface area contributed by atoms with Gasteiger partial charge in [0.15, 0.2) is 0 Å². The molecular weight excluding hydrogens is 238 g/mol. The molecule has 0 radical (unpaired) electrons. The average molecular weight is 273 g/mol. The molecule has 0 atom stereocenters. The van der Waals surface area contributed by atoms with E-state index < -0.39 is 5.91 Å². The van der Waals surface area contributed by atoms with Gasteiger partial charge in [0, 0.05) is 13.0 Å². The van der Waals surface area contributed by atoms with Crippen LogP contribution >= 0.6 is 0 Å². The zero-order chi connectivity index (χ0) is 14.6. The van der Waals surface area contributed by atoms with Crippen molar-refractivity contribution in [1.29, 1.82) is 0 Å². The normalized spacial score (nSPS) is 12.3. The van der Waals surface area contributed by atoms with Gasteiger partial charge in [-0.05, 0) is 13.5 Å². The van der Waals surface area contributed by atoms with E-state index in [0.29, 0.717) is 6.42 Å². The summed E-state index contributed by atoms with van der Waals surface area (Å²) in [5.41, 5.74) is 0. The Labute approximate surface area is 120 Å². The van der Waals surface area contributed by atoms with Crippen LogP contribution in [0.15, 0.2) is 0 Å². The third-order valence-electron chi connectivity index (χ3n) is 3.93. The van der Waals surface area contributed by atoms with Crippen molar-refractivity contribution in [3.05, 3.63) is 0 Å². The van der Waals surface area contributed by atoms with E-state index >= 15 is 0 Å². The van der Waals surface area contributed by atoms with Gasteiger partial charge >= 0.3 is 0 Å². The van der Waals surface area contributed by atoms with Crippen molar-refractivity contribution in [2.45, 2.75) is 90.4 Å². The highest BCUT2D eigenvalue weighted by Gasteiger charge is 2.25. The molecule has 0 bridgehead atoms. The second-order valence-electron chi connectivity index (χ2n) is 5.73. The number of nitrogens with zero attached hydrogens (tertiary/aromatic N) is 1. The minimum absolute atomic E-state index is 0.348. The van der Waals surface area contributed by atoms with E-state index in [4.69, 9.17) is 0 Å². The number of unbranched alkanes of at least 4 members (excludes halogenated alkanes) is 9.